The van der Waals surface area contributed by atoms with Crippen LogP contribution in [-0.2, 0) is 0 Å². The molecule has 0 aliphatic heterocycles. The van der Waals surface area contributed by atoms with E-state index >= 15 is 0 Å². The molecule has 0 radical (unpaired) electrons. The van der Waals surface area contributed by atoms with Gasteiger partial charge in [0.15, 0.2) is 5.82 Å². The molecule has 4 nitrogen and oxygen atoms in total. The SMILES string of the molecule is c1ccc(-c2nnc(C3CCCCC3)n2-c2cccnc2)cc1. The highest BCUT2D eigenvalue weighted by Crippen LogP contribution is 2.34. The maximum absolute atomic E-state index is 4.58. The number of hydrogen-bond acceptors (Lipinski definition) is 3. The summed E-state index contributed by atoms with van der Waals surface area (Å²) in [6, 6.07) is 14.3. The zero-order chi connectivity index (χ0) is 15.5. The van der Waals surface area contributed by atoms with Crippen LogP contribution in [0.15, 0.2) is 54.9 Å². The maximum Gasteiger partial charge on any atom is 0.168 e. The van der Waals surface area contributed by atoms with Crippen molar-refractivity contribution in [2.75, 3.05) is 0 Å². The average molecular weight is 304 g/mol. The van der Waals surface area contributed by atoms with Gasteiger partial charge in [0.25, 0.3) is 0 Å². The van der Waals surface area contributed by atoms with E-state index in [1.165, 1.54) is 32.1 Å². The molecule has 1 fully saturated rings. The molecule has 0 unspecified atom stereocenters. The predicted molar refractivity (Wildman–Crippen MR) is 90.4 cm³/mol. The lowest BCUT2D eigenvalue weighted by atomic mass is 9.88. The van der Waals surface area contributed by atoms with Crippen LogP contribution in [0.3, 0.4) is 0 Å². The number of aromatic nitrogens is 4. The Morgan fingerprint density at radius 3 is 2.43 bits per heavy atom. The summed E-state index contributed by atoms with van der Waals surface area (Å²) in [5, 5.41) is 9.10. The summed E-state index contributed by atoms with van der Waals surface area (Å²) < 4.78 is 2.19. The molecule has 3 aromatic rings. The third-order valence-electron chi connectivity index (χ3n) is 4.59. The molecule has 1 saturated carbocycles. The van der Waals surface area contributed by atoms with Crippen molar-refractivity contribution in [3.05, 3.63) is 60.7 Å². The Kier molecular flexibility index (Phi) is 3.88. The normalized spacial score (nSPS) is 15.7. The Morgan fingerprint density at radius 1 is 0.870 bits per heavy atom. The van der Waals surface area contributed by atoms with E-state index < -0.39 is 0 Å². The van der Waals surface area contributed by atoms with Gasteiger partial charge in [-0.15, -0.1) is 10.2 Å². The first kappa shape index (κ1) is 14.1. The minimum atomic E-state index is 0.494. The molecule has 4 heteroatoms. The summed E-state index contributed by atoms with van der Waals surface area (Å²) in [5.41, 5.74) is 2.13. The van der Waals surface area contributed by atoms with Crippen LogP contribution >= 0.6 is 0 Å². The smallest absolute Gasteiger partial charge is 0.168 e. The largest absolute Gasteiger partial charge is 0.277 e. The molecular weight excluding hydrogens is 284 g/mol. The van der Waals surface area contributed by atoms with E-state index in [1.807, 2.05) is 30.5 Å². The highest BCUT2D eigenvalue weighted by atomic mass is 15.3. The molecule has 2 heterocycles. The van der Waals surface area contributed by atoms with Gasteiger partial charge in [0.05, 0.1) is 11.9 Å². The summed E-state index contributed by atoms with van der Waals surface area (Å²) in [7, 11) is 0. The Hall–Kier alpha value is -2.49. The first-order valence-corrected chi connectivity index (χ1v) is 8.34. The van der Waals surface area contributed by atoms with Crippen molar-refractivity contribution < 1.29 is 0 Å². The number of rotatable bonds is 3. The van der Waals surface area contributed by atoms with E-state index in [9.17, 15) is 0 Å². The first-order chi connectivity index (χ1) is 11.4. The van der Waals surface area contributed by atoms with Gasteiger partial charge in [-0.2, -0.15) is 0 Å². The van der Waals surface area contributed by atoms with Crippen LogP contribution < -0.4 is 0 Å². The topological polar surface area (TPSA) is 43.6 Å². The van der Waals surface area contributed by atoms with Crippen LogP contribution in [0.25, 0.3) is 17.1 Å². The van der Waals surface area contributed by atoms with Crippen LogP contribution in [0.5, 0.6) is 0 Å². The number of nitrogens with zero attached hydrogens (tertiary/aromatic N) is 4. The molecule has 2 aromatic heterocycles. The quantitative estimate of drug-likeness (QED) is 0.721. The monoisotopic (exact) mass is 304 g/mol. The number of benzene rings is 1. The summed E-state index contributed by atoms with van der Waals surface area (Å²) in [5.74, 6) is 2.48. The van der Waals surface area contributed by atoms with Gasteiger partial charge in [-0.3, -0.25) is 9.55 Å². The molecule has 0 amide bonds. The van der Waals surface area contributed by atoms with E-state index in [4.69, 9.17) is 0 Å². The minimum Gasteiger partial charge on any atom is -0.277 e. The molecule has 0 atom stereocenters. The summed E-state index contributed by atoms with van der Waals surface area (Å²) in [6.45, 7) is 0. The van der Waals surface area contributed by atoms with Crippen LogP contribution in [-0.4, -0.2) is 19.7 Å². The maximum atomic E-state index is 4.58. The lowest BCUT2D eigenvalue weighted by molar-refractivity contribution is 0.424. The molecule has 23 heavy (non-hydrogen) atoms. The van der Waals surface area contributed by atoms with E-state index in [0.29, 0.717) is 5.92 Å². The van der Waals surface area contributed by atoms with Crippen molar-refractivity contribution in [3.63, 3.8) is 0 Å². The summed E-state index contributed by atoms with van der Waals surface area (Å²) in [6.07, 6.45) is 10.00. The lowest BCUT2D eigenvalue weighted by Crippen LogP contribution is -2.12. The fraction of sp³-hybridized carbons (Fsp3) is 0.316. The van der Waals surface area contributed by atoms with Crippen molar-refractivity contribution in [2.24, 2.45) is 0 Å². The second kappa shape index (κ2) is 6.32. The molecule has 1 aromatic carbocycles. The van der Waals surface area contributed by atoms with Gasteiger partial charge >= 0.3 is 0 Å². The highest BCUT2D eigenvalue weighted by molar-refractivity contribution is 5.58. The molecule has 1 aliphatic carbocycles. The average Bonchev–Trinajstić information content (AvgIpc) is 3.09. The molecule has 1 aliphatic rings. The van der Waals surface area contributed by atoms with Crippen LogP contribution in [0, 0.1) is 0 Å². The standard InChI is InChI=1S/C19H20N4/c1-3-8-15(9-4-1)18-21-22-19(16-10-5-2-6-11-16)23(18)17-12-7-13-20-14-17/h1,3-4,7-9,12-14,16H,2,5-6,10-11H2. The fourth-order valence-electron chi connectivity index (χ4n) is 3.44. The third-order valence-corrected chi connectivity index (χ3v) is 4.59. The molecule has 0 bridgehead atoms. The third kappa shape index (κ3) is 2.77. The molecule has 116 valence electrons. The Morgan fingerprint density at radius 2 is 1.70 bits per heavy atom. The second-order valence-electron chi connectivity index (χ2n) is 6.13. The van der Waals surface area contributed by atoms with Gasteiger partial charge < -0.3 is 0 Å². The zero-order valence-electron chi connectivity index (χ0n) is 13.1. The van der Waals surface area contributed by atoms with Crippen molar-refractivity contribution >= 4 is 0 Å². The summed E-state index contributed by atoms with van der Waals surface area (Å²) >= 11 is 0. The van der Waals surface area contributed by atoms with Crippen LogP contribution in [0.1, 0.15) is 43.8 Å². The zero-order valence-corrected chi connectivity index (χ0v) is 13.1. The minimum absolute atomic E-state index is 0.494. The van der Waals surface area contributed by atoms with E-state index in [1.54, 1.807) is 6.20 Å². The lowest BCUT2D eigenvalue weighted by Gasteiger charge is -2.22. The van der Waals surface area contributed by atoms with Gasteiger partial charge in [0.1, 0.15) is 5.82 Å². The van der Waals surface area contributed by atoms with Gasteiger partial charge in [-0.25, -0.2) is 0 Å². The van der Waals surface area contributed by atoms with E-state index in [2.05, 4.69) is 37.9 Å². The van der Waals surface area contributed by atoms with Gasteiger partial charge in [-0.05, 0) is 25.0 Å². The van der Waals surface area contributed by atoms with Crippen molar-refractivity contribution in [1.29, 1.82) is 0 Å². The van der Waals surface area contributed by atoms with E-state index in [0.717, 1.165) is 22.9 Å². The van der Waals surface area contributed by atoms with Gasteiger partial charge in [-0.1, -0.05) is 49.6 Å². The molecule has 4 rings (SSSR count). The van der Waals surface area contributed by atoms with Crippen LogP contribution in [0.2, 0.25) is 0 Å². The molecular formula is C19H20N4. The number of hydrogen-bond donors (Lipinski definition) is 0. The Bertz CT molecular complexity index is 759. The van der Waals surface area contributed by atoms with E-state index in [-0.39, 0.29) is 0 Å². The molecule has 0 spiro atoms. The number of pyridine rings is 1. The summed E-state index contributed by atoms with van der Waals surface area (Å²) in [4.78, 5) is 4.29. The van der Waals surface area contributed by atoms with Crippen molar-refractivity contribution in [2.45, 2.75) is 38.0 Å². The van der Waals surface area contributed by atoms with Gasteiger partial charge in [0.2, 0.25) is 0 Å². The first-order valence-electron chi connectivity index (χ1n) is 8.34. The predicted octanol–water partition coefficient (Wildman–Crippen LogP) is 4.38. The Labute approximate surface area is 136 Å². The highest BCUT2D eigenvalue weighted by Gasteiger charge is 2.24. The second-order valence-corrected chi connectivity index (χ2v) is 6.13. The fourth-order valence-corrected chi connectivity index (χ4v) is 3.44. The molecule has 0 saturated heterocycles. The van der Waals surface area contributed by atoms with Crippen LogP contribution in [0.4, 0.5) is 0 Å². The van der Waals surface area contributed by atoms with Crippen molar-refractivity contribution in [1.82, 2.24) is 19.7 Å². The van der Waals surface area contributed by atoms with Crippen molar-refractivity contribution in [3.8, 4) is 17.1 Å². The Balaban J connectivity index is 1.85. The molecule has 0 N–H and O–H groups in total. The van der Waals surface area contributed by atoms with Gasteiger partial charge in [0, 0.05) is 17.7 Å².